The Balaban J connectivity index is 1.35. The van der Waals surface area contributed by atoms with Crippen LogP contribution in [0.3, 0.4) is 0 Å². The third kappa shape index (κ3) is 2.83. The summed E-state index contributed by atoms with van der Waals surface area (Å²) in [7, 11) is 0. The van der Waals surface area contributed by atoms with Crippen LogP contribution in [0, 0.1) is 0 Å². The lowest BCUT2D eigenvalue weighted by Gasteiger charge is -2.37. The van der Waals surface area contributed by atoms with Crippen molar-refractivity contribution in [1.29, 1.82) is 0 Å². The van der Waals surface area contributed by atoms with E-state index in [0.29, 0.717) is 48.5 Å². The molecule has 7 heteroatoms. The van der Waals surface area contributed by atoms with E-state index in [-0.39, 0.29) is 11.7 Å². The minimum atomic E-state index is -0.516. The molecule has 2 aliphatic heterocycles. The van der Waals surface area contributed by atoms with Gasteiger partial charge in [-0.3, -0.25) is 9.59 Å². The van der Waals surface area contributed by atoms with Crippen LogP contribution in [0.15, 0.2) is 48.9 Å². The van der Waals surface area contributed by atoms with Gasteiger partial charge in [0.05, 0.1) is 12.0 Å². The summed E-state index contributed by atoms with van der Waals surface area (Å²) in [5.41, 5.74) is 1.39. The lowest BCUT2D eigenvalue weighted by atomic mass is 9.84. The van der Waals surface area contributed by atoms with E-state index in [4.69, 9.17) is 4.74 Å². The second-order valence-corrected chi connectivity index (χ2v) is 7.51. The predicted octanol–water partition coefficient (Wildman–Crippen LogP) is 2.76. The van der Waals surface area contributed by atoms with Crippen molar-refractivity contribution in [3.63, 3.8) is 0 Å². The lowest BCUT2D eigenvalue weighted by Crippen LogP contribution is -2.43. The van der Waals surface area contributed by atoms with Gasteiger partial charge in [-0.2, -0.15) is 5.10 Å². The van der Waals surface area contributed by atoms with Crippen molar-refractivity contribution in [3.8, 4) is 5.75 Å². The molecular weight excluding hydrogens is 356 g/mol. The smallest absolute Gasteiger partial charge is 0.254 e. The standard InChI is InChI=1S/C21H20N4O3/c26-17-13-21(28-18-5-2-1-4-16(17)18)7-3-9-24(11-8-21)20(27)15-6-10-25-19(12-15)22-14-23-25/h1-2,4-6,10,12,14H,3,7-9,11,13H2. The second-order valence-electron chi connectivity index (χ2n) is 7.51. The third-order valence-electron chi connectivity index (χ3n) is 5.71. The first-order valence-electron chi connectivity index (χ1n) is 9.54. The van der Waals surface area contributed by atoms with Gasteiger partial charge < -0.3 is 9.64 Å². The van der Waals surface area contributed by atoms with Gasteiger partial charge in [-0.15, -0.1) is 0 Å². The molecular formula is C21H20N4O3. The Hall–Kier alpha value is -3.22. The number of rotatable bonds is 1. The average Bonchev–Trinajstić information content (AvgIpc) is 3.09. The number of fused-ring (bicyclic) bond motifs is 2. The van der Waals surface area contributed by atoms with Crippen molar-refractivity contribution in [3.05, 3.63) is 60.0 Å². The predicted molar refractivity (Wildman–Crippen MR) is 101 cm³/mol. The molecule has 0 saturated carbocycles. The third-order valence-corrected chi connectivity index (χ3v) is 5.71. The van der Waals surface area contributed by atoms with E-state index in [0.717, 1.165) is 12.8 Å². The summed E-state index contributed by atoms with van der Waals surface area (Å²) in [6.45, 7) is 1.21. The van der Waals surface area contributed by atoms with Crippen LogP contribution in [0.4, 0.5) is 0 Å². The summed E-state index contributed by atoms with van der Waals surface area (Å²) in [5.74, 6) is 0.764. The number of aromatic nitrogens is 3. The van der Waals surface area contributed by atoms with Crippen molar-refractivity contribution in [2.75, 3.05) is 13.1 Å². The normalized spacial score (nSPS) is 22.0. The summed E-state index contributed by atoms with van der Waals surface area (Å²) < 4.78 is 7.94. The Morgan fingerprint density at radius 3 is 2.96 bits per heavy atom. The number of hydrogen-bond acceptors (Lipinski definition) is 5. The van der Waals surface area contributed by atoms with Crippen molar-refractivity contribution < 1.29 is 14.3 Å². The fraction of sp³-hybridized carbons (Fsp3) is 0.333. The summed E-state index contributed by atoms with van der Waals surface area (Å²) >= 11 is 0. The van der Waals surface area contributed by atoms with Gasteiger partial charge in [0.15, 0.2) is 11.4 Å². The van der Waals surface area contributed by atoms with Crippen LogP contribution in [0.2, 0.25) is 0 Å². The number of likely N-dealkylation sites (tertiary alicyclic amines) is 1. The molecule has 1 spiro atoms. The number of para-hydroxylation sites is 1. The van der Waals surface area contributed by atoms with Crippen molar-refractivity contribution in [1.82, 2.24) is 19.5 Å². The quantitative estimate of drug-likeness (QED) is 0.653. The van der Waals surface area contributed by atoms with Gasteiger partial charge in [0.2, 0.25) is 0 Å². The van der Waals surface area contributed by atoms with Crippen molar-refractivity contribution >= 4 is 17.3 Å². The monoisotopic (exact) mass is 376 g/mol. The molecule has 0 bridgehead atoms. The van der Waals surface area contributed by atoms with Crippen LogP contribution in [-0.2, 0) is 0 Å². The van der Waals surface area contributed by atoms with Crippen LogP contribution < -0.4 is 4.74 Å². The Morgan fingerprint density at radius 2 is 2.04 bits per heavy atom. The Labute approximate surface area is 161 Å². The number of benzene rings is 1. The maximum atomic E-state index is 13.0. The molecule has 5 rings (SSSR count). The molecule has 2 aromatic heterocycles. The Morgan fingerprint density at radius 1 is 1.14 bits per heavy atom. The average molecular weight is 376 g/mol. The number of pyridine rings is 1. The Bertz CT molecular complexity index is 1080. The van der Waals surface area contributed by atoms with E-state index in [9.17, 15) is 9.59 Å². The van der Waals surface area contributed by atoms with E-state index in [2.05, 4.69) is 10.1 Å². The fourth-order valence-electron chi connectivity index (χ4n) is 4.22. The molecule has 0 aliphatic carbocycles. The highest BCUT2D eigenvalue weighted by atomic mass is 16.5. The number of carbonyl (C=O) groups is 2. The van der Waals surface area contributed by atoms with Gasteiger partial charge >= 0.3 is 0 Å². The topological polar surface area (TPSA) is 76.8 Å². The lowest BCUT2D eigenvalue weighted by molar-refractivity contribution is 0.0300. The zero-order chi connectivity index (χ0) is 19.1. The molecule has 1 saturated heterocycles. The summed E-state index contributed by atoms with van der Waals surface area (Å²) in [6.07, 6.45) is 5.79. The number of carbonyl (C=O) groups excluding carboxylic acids is 2. The minimum absolute atomic E-state index is 0.0231. The molecule has 142 valence electrons. The van der Waals surface area contributed by atoms with Gasteiger partial charge in [0.1, 0.15) is 17.7 Å². The molecule has 1 fully saturated rings. The molecule has 2 aliphatic rings. The molecule has 1 unspecified atom stereocenters. The molecule has 1 atom stereocenters. The van der Waals surface area contributed by atoms with Crippen molar-refractivity contribution in [2.45, 2.75) is 31.3 Å². The molecule has 1 aromatic carbocycles. The van der Waals surface area contributed by atoms with Gasteiger partial charge in [-0.05, 0) is 37.1 Å². The van der Waals surface area contributed by atoms with E-state index in [1.165, 1.54) is 6.33 Å². The maximum Gasteiger partial charge on any atom is 0.254 e. The molecule has 0 radical (unpaired) electrons. The number of Topliss-reactive ketones (excluding diaryl/α,β-unsaturated/α-hetero) is 1. The maximum absolute atomic E-state index is 13.0. The van der Waals surface area contributed by atoms with Gasteiger partial charge in [0, 0.05) is 31.3 Å². The first-order chi connectivity index (χ1) is 13.6. The first kappa shape index (κ1) is 16.9. The number of ether oxygens (including phenoxy) is 1. The molecule has 4 heterocycles. The van der Waals surface area contributed by atoms with E-state index in [1.54, 1.807) is 22.8 Å². The van der Waals surface area contributed by atoms with Crippen LogP contribution in [-0.4, -0.2) is 49.9 Å². The van der Waals surface area contributed by atoms with E-state index in [1.807, 2.05) is 29.2 Å². The van der Waals surface area contributed by atoms with Crippen LogP contribution >= 0.6 is 0 Å². The Kier molecular flexibility index (Phi) is 3.89. The largest absolute Gasteiger partial charge is 0.486 e. The molecule has 1 amide bonds. The number of amides is 1. The number of hydrogen-bond donors (Lipinski definition) is 0. The highest BCUT2D eigenvalue weighted by Gasteiger charge is 2.42. The number of nitrogens with zero attached hydrogens (tertiary/aromatic N) is 4. The SMILES string of the molecule is O=C1CC2(CCCN(C(=O)c3ccn4ncnc4c3)CC2)Oc2ccccc21. The van der Waals surface area contributed by atoms with Crippen LogP contribution in [0.5, 0.6) is 5.75 Å². The molecule has 0 N–H and O–H groups in total. The molecule has 28 heavy (non-hydrogen) atoms. The van der Waals surface area contributed by atoms with Gasteiger partial charge in [0.25, 0.3) is 5.91 Å². The van der Waals surface area contributed by atoms with Crippen LogP contribution in [0.25, 0.3) is 5.65 Å². The van der Waals surface area contributed by atoms with Gasteiger partial charge in [-0.25, -0.2) is 9.50 Å². The number of ketones is 1. The highest BCUT2D eigenvalue weighted by molar-refractivity contribution is 6.00. The van der Waals surface area contributed by atoms with Crippen molar-refractivity contribution in [2.24, 2.45) is 0 Å². The van der Waals surface area contributed by atoms with E-state index >= 15 is 0 Å². The van der Waals surface area contributed by atoms with Gasteiger partial charge in [-0.1, -0.05) is 12.1 Å². The zero-order valence-corrected chi connectivity index (χ0v) is 15.4. The molecule has 3 aromatic rings. The van der Waals surface area contributed by atoms with Crippen LogP contribution in [0.1, 0.15) is 46.4 Å². The minimum Gasteiger partial charge on any atom is -0.486 e. The molecule has 7 nitrogen and oxygen atoms in total. The summed E-state index contributed by atoms with van der Waals surface area (Å²) in [4.78, 5) is 31.6. The first-order valence-corrected chi connectivity index (χ1v) is 9.54. The second kappa shape index (κ2) is 6.44. The highest BCUT2D eigenvalue weighted by Crippen LogP contribution is 2.39. The summed E-state index contributed by atoms with van der Waals surface area (Å²) in [6, 6.07) is 10.9. The van der Waals surface area contributed by atoms with E-state index < -0.39 is 5.60 Å². The fourth-order valence-corrected chi connectivity index (χ4v) is 4.22. The zero-order valence-electron chi connectivity index (χ0n) is 15.4. The summed E-state index contributed by atoms with van der Waals surface area (Å²) in [5, 5.41) is 4.06.